The van der Waals surface area contributed by atoms with Crippen molar-refractivity contribution in [2.75, 3.05) is 32.8 Å². The van der Waals surface area contributed by atoms with E-state index in [2.05, 4.69) is 0 Å². The highest BCUT2D eigenvalue weighted by Gasteiger charge is 2.34. The van der Waals surface area contributed by atoms with E-state index in [1.807, 2.05) is 4.90 Å². The number of hydrogen-bond donors (Lipinski definition) is 0. The van der Waals surface area contributed by atoms with Gasteiger partial charge in [-0.25, -0.2) is 0 Å². The number of halogens is 3. The fraction of sp³-hybridized carbons (Fsp3) is 0.500. The lowest BCUT2D eigenvalue weighted by molar-refractivity contribution is -0.137. The van der Waals surface area contributed by atoms with Gasteiger partial charge in [0.2, 0.25) is 0 Å². The summed E-state index contributed by atoms with van der Waals surface area (Å²) in [5, 5.41) is 0. The Kier molecular flexibility index (Phi) is 4.77. The molecule has 1 aromatic carbocycles. The summed E-state index contributed by atoms with van der Waals surface area (Å²) >= 11 is 0. The maximum Gasteiger partial charge on any atom is 0.417 e. The van der Waals surface area contributed by atoms with Gasteiger partial charge in [-0.2, -0.15) is 13.2 Å². The van der Waals surface area contributed by atoms with E-state index in [1.165, 1.54) is 18.2 Å². The van der Waals surface area contributed by atoms with Crippen molar-refractivity contribution in [3.8, 4) is 0 Å². The second-order valence-corrected chi connectivity index (χ2v) is 4.67. The van der Waals surface area contributed by atoms with Crippen LogP contribution in [0.15, 0.2) is 24.3 Å². The monoisotopic (exact) mass is 287 g/mol. The second-order valence-electron chi connectivity index (χ2n) is 4.67. The molecule has 1 heterocycles. The molecular formula is C14H16F3NO2. The third-order valence-corrected chi connectivity index (χ3v) is 3.29. The highest BCUT2D eigenvalue weighted by Crippen LogP contribution is 2.32. The third kappa shape index (κ3) is 3.80. The van der Waals surface area contributed by atoms with Gasteiger partial charge in [-0.05, 0) is 6.07 Å². The maximum absolute atomic E-state index is 12.8. The van der Waals surface area contributed by atoms with Crippen LogP contribution in [0, 0.1) is 0 Å². The average molecular weight is 287 g/mol. The summed E-state index contributed by atoms with van der Waals surface area (Å²) in [5.41, 5.74) is -1.10. The summed E-state index contributed by atoms with van der Waals surface area (Å²) in [6, 6.07) is 4.94. The van der Waals surface area contributed by atoms with E-state index >= 15 is 0 Å². The molecule has 0 aliphatic carbocycles. The van der Waals surface area contributed by atoms with Crippen LogP contribution in [0.5, 0.6) is 0 Å². The molecule has 3 nitrogen and oxygen atoms in total. The van der Waals surface area contributed by atoms with Crippen molar-refractivity contribution >= 4 is 5.78 Å². The molecule has 0 aromatic heterocycles. The first-order valence-corrected chi connectivity index (χ1v) is 6.48. The fourth-order valence-electron chi connectivity index (χ4n) is 2.19. The summed E-state index contributed by atoms with van der Waals surface area (Å²) in [4.78, 5) is 14.0. The third-order valence-electron chi connectivity index (χ3n) is 3.29. The number of rotatable bonds is 4. The molecule has 2 rings (SSSR count). The first-order valence-electron chi connectivity index (χ1n) is 6.48. The van der Waals surface area contributed by atoms with E-state index in [0.29, 0.717) is 32.8 Å². The highest BCUT2D eigenvalue weighted by atomic mass is 19.4. The number of morpholine rings is 1. The minimum Gasteiger partial charge on any atom is -0.379 e. The summed E-state index contributed by atoms with van der Waals surface area (Å²) < 4.78 is 43.7. The van der Waals surface area contributed by atoms with Crippen molar-refractivity contribution in [2.45, 2.75) is 12.6 Å². The molecule has 1 saturated heterocycles. The van der Waals surface area contributed by atoms with Crippen LogP contribution in [0.25, 0.3) is 0 Å². The van der Waals surface area contributed by atoms with Gasteiger partial charge in [0.05, 0.1) is 18.8 Å². The summed E-state index contributed by atoms with van der Waals surface area (Å²) in [6.45, 7) is 3.11. The fourth-order valence-corrected chi connectivity index (χ4v) is 2.19. The number of hydrogen-bond acceptors (Lipinski definition) is 3. The lowest BCUT2D eigenvalue weighted by Gasteiger charge is -2.26. The van der Waals surface area contributed by atoms with Crippen molar-refractivity contribution in [1.82, 2.24) is 4.90 Å². The van der Waals surface area contributed by atoms with E-state index in [9.17, 15) is 18.0 Å². The highest BCUT2D eigenvalue weighted by molar-refractivity contribution is 5.97. The van der Waals surface area contributed by atoms with Crippen LogP contribution in [0.1, 0.15) is 22.3 Å². The van der Waals surface area contributed by atoms with Crippen molar-refractivity contribution < 1.29 is 22.7 Å². The molecule has 1 aliphatic heterocycles. The number of benzene rings is 1. The van der Waals surface area contributed by atoms with E-state index in [0.717, 1.165) is 6.07 Å². The van der Waals surface area contributed by atoms with Crippen molar-refractivity contribution in [1.29, 1.82) is 0 Å². The Labute approximate surface area is 115 Å². The number of nitrogens with zero attached hydrogens (tertiary/aromatic N) is 1. The molecule has 0 unspecified atom stereocenters. The Morgan fingerprint density at radius 1 is 1.20 bits per heavy atom. The number of carbonyl (C=O) groups excluding carboxylic acids is 1. The summed E-state index contributed by atoms with van der Waals surface area (Å²) in [6.07, 6.45) is -4.40. The van der Waals surface area contributed by atoms with Gasteiger partial charge in [0, 0.05) is 31.6 Å². The van der Waals surface area contributed by atoms with Crippen LogP contribution in [0.3, 0.4) is 0 Å². The second kappa shape index (κ2) is 6.37. The minimum absolute atomic E-state index is 0.0904. The maximum atomic E-state index is 12.8. The summed E-state index contributed by atoms with van der Waals surface area (Å²) in [5.74, 6) is -0.468. The molecule has 1 fully saturated rings. The van der Waals surface area contributed by atoms with Crippen LogP contribution in [-0.2, 0) is 10.9 Å². The van der Waals surface area contributed by atoms with E-state index in [1.54, 1.807) is 0 Å². The predicted molar refractivity (Wildman–Crippen MR) is 67.7 cm³/mol. The number of ketones is 1. The first-order chi connectivity index (χ1) is 9.48. The van der Waals surface area contributed by atoms with Gasteiger partial charge in [0.25, 0.3) is 0 Å². The van der Waals surface area contributed by atoms with Crippen molar-refractivity contribution in [3.05, 3.63) is 35.4 Å². The van der Waals surface area contributed by atoms with Gasteiger partial charge in [0.15, 0.2) is 5.78 Å². The molecule has 0 radical (unpaired) electrons. The van der Waals surface area contributed by atoms with E-state index in [4.69, 9.17) is 4.74 Å². The molecule has 0 saturated carbocycles. The van der Waals surface area contributed by atoms with E-state index in [-0.39, 0.29) is 12.0 Å². The Balaban J connectivity index is 2.02. The van der Waals surface area contributed by atoms with Crippen LogP contribution < -0.4 is 0 Å². The lowest BCUT2D eigenvalue weighted by Crippen LogP contribution is -2.37. The Bertz CT molecular complexity index is 468. The number of carbonyl (C=O) groups is 1. The Morgan fingerprint density at radius 3 is 2.50 bits per heavy atom. The Morgan fingerprint density at radius 2 is 1.85 bits per heavy atom. The molecular weight excluding hydrogens is 271 g/mol. The van der Waals surface area contributed by atoms with Crippen molar-refractivity contribution in [3.63, 3.8) is 0 Å². The van der Waals surface area contributed by atoms with Crippen LogP contribution in [-0.4, -0.2) is 43.5 Å². The number of ether oxygens (including phenoxy) is 1. The first kappa shape index (κ1) is 15.0. The SMILES string of the molecule is O=C(CCN1CCOCC1)c1ccccc1C(F)(F)F. The molecule has 1 aromatic rings. The van der Waals surface area contributed by atoms with Gasteiger partial charge in [-0.3, -0.25) is 9.69 Å². The van der Waals surface area contributed by atoms with Gasteiger partial charge in [0.1, 0.15) is 0 Å². The largest absolute Gasteiger partial charge is 0.417 e. The number of Topliss-reactive ketones (excluding diaryl/α,β-unsaturated/α-hetero) is 1. The normalized spacial score (nSPS) is 17.1. The summed E-state index contributed by atoms with van der Waals surface area (Å²) in [7, 11) is 0. The topological polar surface area (TPSA) is 29.5 Å². The quantitative estimate of drug-likeness (QED) is 0.797. The molecule has 110 valence electrons. The molecule has 0 N–H and O–H groups in total. The zero-order chi connectivity index (χ0) is 14.6. The molecule has 0 atom stereocenters. The van der Waals surface area contributed by atoms with Gasteiger partial charge < -0.3 is 4.74 Å². The predicted octanol–water partition coefficient (Wildman–Crippen LogP) is 2.61. The number of alkyl halides is 3. The molecule has 0 spiro atoms. The minimum atomic E-state index is -4.49. The Hall–Kier alpha value is -1.40. The smallest absolute Gasteiger partial charge is 0.379 e. The molecule has 0 amide bonds. The molecule has 20 heavy (non-hydrogen) atoms. The van der Waals surface area contributed by atoms with E-state index < -0.39 is 17.5 Å². The zero-order valence-electron chi connectivity index (χ0n) is 10.9. The van der Waals surface area contributed by atoms with Crippen molar-refractivity contribution in [2.24, 2.45) is 0 Å². The standard InChI is InChI=1S/C14H16F3NO2/c15-14(16,17)12-4-2-1-3-11(12)13(19)5-6-18-7-9-20-10-8-18/h1-4H,5-10H2. The van der Waals surface area contributed by atoms with Crippen LogP contribution in [0.4, 0.5) is 13.2 Å². The molecule has 1 aliphatic rings. The molecule has 0 bridgehead atoms. The van der Waals surface area contributed by atoms with Crippen LogP contribution in [0.2, 0.25) is 0 Å². The van der Waals surface area contributed by atoms with Crippen LogP contribution >= 0.6 is 0 Å². The lowest BCUT2D eigenvalue weighted by atomic mass is 10.0. The zero-order valence-corrected chi connectivity index (χ0v) is 10.9. The average Bonchev–Trinajstić information content (AvgIpc) is 2.45. The van der Waals surface area contributed by atoms with Gasteiger partial charge >= 0.3 is 6.18 Å². The molecule has 6 heteroatoms. The van der Waals surface area contributed by atoms with Gasteiger partial charge in [-0.15, -0.1) is 0 Å². The van der Waals surface area contributed by atoms with Gasteiger partial charge in [-0.1, -0.05) is 18.2 Å².